The van der Waals surface area contributed by atoms with E-state index in [0.717, 1.165) is 18.6 Å². The number of hydrogen-bond donors (Lipinski definition) is 1. The lowest BCUT2D eigenvalue weighted by Crippen LogP contribution is -2.29. The zero-order chi connectivity index (χ0) is 14.0. The standard InChI is InChI=1S/C13H15F3N2O/c1-3-9-7-12(18-19-2)10-6-8(13(14,15)16)4-5-11(10)17-9/h4-6,9,17H,3,7H2,1-2H3/b18-12-/t9-/m1/s1. The number of oxime groups is 1. The molecule has 2 rings (SSSR count). The number of anilines is 1. The van der Waals surface area contributed by atoms with Crippen LogP contribution in [0.25, 0.3) is 0 Å². The fourth-order valence-electron chi connectivity index (χ4n) is 2.14. The van der Waals surface area contributed by atoms with Gasteiger partial charge in [0.2, 0.25) is 0 Å². The second-order valence-corrected chi connectivity index (χ2v) is 4.43. The van der Waals surface area contributed by atoms with Crippen molar-refractivity contribution < 1.29 is 18.0 Å². The topological polar surface area (TPSA) is 33.6 Å². The molecule has 0 bridgehead atoms. The first-order chi connectivity index (χ1) is 8.95. The average molecular weight is 272 g/mol. The van der Waals surface area contributed by atoms with E-state index in [1.54, 1.807) is 0 Å². The van der Waals surface area contributed by atoms with Crippen molar-refractivity contribution in [3.05, 3.63) is 29.3 Å². The smallest absolute Gasteiger partial charge is 0.399 e. The summed E-state index contributed by atoms with van der Waals surface area (Å²) in [5, 5.41) is 7.07. The first kappa shape index (κ1) is 13.7. The molecule has 1 heterocycles. The number of benzene rings is 1. The highest BCUT2D eigenvalue weighted by molar-refractivity contribution is 6.07. The van der Waals surface area contributed by atoms with Crippen LogP contribution in [0.15, 0.2) is 23.4 Å². The number of halogens is 3. The molecule has 0 amide bonds. The van der Waals surface area contributed by atoms with Crippen LogP contribution in [0.5, 0.6) is 0 Å². The fraction of sp³-hybridized carbons (Fsp3) is 0.462. The van der Waals surface area contributed by atoms with Gasteiger partial charge in [0.15, 0.2) is 0 Å². The summed E-state index contributed by atoms with van der Waals surface area (Å²) >= 11 is 0. The number of nitrogens with zero attached hydrogens (tertiary/aromatic N) is 1. The highest BCUT2D eigenvalue weighted by Crippen LogP contribution is 2.34. The maximum atomic E-state index is 12.7. The number of nitrogens with one attached hydrogen (secondary N) is 1. The Kier molecular flexibility index (Phi) is 3.68. The molecule has 1 aliphatic rings. The molecule has 1 aromatic rings. The largest absolute Gasteiger partial charge is 0.416 e. The second-order valence-electron chi connectivity index (χ2n) is 4.43. The van der Waals surface area contributed by atoms with E-state index in [1.165, 1.54) is 13.2 Å². The van der Waals surface area contributed by atoms with Crippen molar-refractivity contribution in [2.24, 2.45) is 5.16 Å². The summed E-state index contributed by atoms with van der Waals surface area (Å²) in [5.74, 6) is 0. The molecule has 19 heavy (non-hydrogen) atoms. The first-order valence-corrected chi connectivity index (χ1v) is 6.04. The molecule has 6 heteroatoms. The van der Waals surface area contributed by atoms with Crippen molar-refractivity contribution in [2.75, 3.05) is 12.4 Å². The molecule has 1 atom stereocenters. The summed E-state index contributed by atoms with van der Waals surface area (Å²) in [4.78, 5) is 4.74. The maximum absolute atomic E-state index is 12.7. The molecule has 1 N–H and O–H groups in total. The van der Waals surface area contributed by atoms with Crippen molar-refractivity contribution in [1.29, 1.82) is 0 Å². The Hall–Kier alpha value is -1.72. The van der Waals surface area contributed by atoms with E-state index in [-0.39, 0.29) is 6.04 Å². The lowest BCUT2D eigenvalue weighted by Gasteiger charge is -2.27. The summed E-state index contributed by atoms with van der Waals surface area (Å²) in [6.45, 7) is 2.01. The SMILES string of the molecule is CC[C@@H]1C/C(=N/OC)c2cc(C(F)(F)F)ccc2N1. The van der Waals surface area contributed by atoms with Gasteiger partial charge in [0.1, 0.15) is 7.11 Å². The third kappa shape index (κ3) is 2.83. The Balaban J connectivity index is 2.47. The quantitative estimate of drug-likeness (QED) is 0.834. The predicted molar refractivity (Wildman–Crippen MR) is 67.3 cm³/mol. The van der Waals surface area contributed by atoms with Crippen LogP contribution < -0.4 is 5.32 Å². The molecule has 0 aliphatic carbocycles. The fourth-order valence-corrected chi connectivity index (χ4v) is 2.14. The highest BCUT2D eigenvalue weighted by Gasteiger charge is 2.33. The highest BCUT2D eigenvalue weighted by atomic mass is 19.4. The van der Waals surface area contributed by atoms with E-state index in [9.17, 15) is 13.2 Å². The van der Waals surface area contributed by atoms with E-state index in [0.29, 0.717) is 23.4 Å². The lowest BCUT2D eigenvalue weighted by atomic mass is 9.93. The van der Waals surface area contributed by atoms with Gasteiger partial charge in [-0.05, 0) is 24.6 Å². The summed E-state index contributed by atoms with van der Waals surface area (Å²) < 4.78 is 38.2. The van der Waals surface area contributed by atoms with Crippen LogP contribution in [0.4, 0.5) is 18.9 Å². The van der Waals surface area contributed by atoms with Gasteiger partial charge in [0, 0.05) is 23.7 Å². The van der Waals surface area contributed by atoms with Gasteiger partial charge in [-0.15, -0.1) is 0 Å². The Morgan fingerprint density at radius 1 is 1.42 bits per heavy atom. The maximum Gasteiger partial charge on any atom is 0.416 e. The van der Waals surface area contributed by atoms with Gasteiger partial charge in [-0.1, -0.05) is 12.1 Å². The van der Waals surface area contributed by atoms with Crippen molar-refractivity contribution in [2.45, 2.75) is 32.0 Å². The van der Waals surface area contributed by atoms with Gasteiger partial charge in [-0.25, -0.2) is 0 Å². The van der Waals surface area contributed by atoms with Crippen LogP contribution in [-0.4, -0.2) is 18.9 Å². The predicted octanol–water partition coefficient (Wildman–Crippen LogP) is 3.65. The molecule has 1 aromatic carbocycles. The molecule has 0 fully saturated rings. The van der Waals surface area contributed by atoms with E-state index >= 15 is 0 Å². The van der Waals surface area contributed by atoms with Crippen LogP contribution in [-0.2, 0) is 11.0 Å². The molecule has 0 saturated heterocycles. The van der Waals surface area contributed by atoms with Gasteiger partial charge < -0.3 is 10.2 Å². The molecule has 1 aliphatic heterocycles. The zero-order valence-corrected chi connectivity index (χ0v) is 10.7. The third-order valence-electron chi connectivity index (χ3n) is 3.15. The molecule has 0 saturated carbocycles. The van der Waals surface area contributed by atoms with Crippen LogP contribution in [0, 0.1) is 0 Å². The summed E-state index contributed by atoms with van der Waals surface area (Å²) in [6.07, 6.45) is -2.93. The van der Waals surface area contributed by atoms with Gasteiger partial charge in [0.05, 0.1) is 11.3 Å². The second kappa shape index (κ2) is 5.11. The molecule has 104 valence electrons. The minimum atomic E-state index is -4.35. The number of fused-ring (bicyclic) bond motifs is 1. The molecule has 3 nitrogen and oxygen atoms in total. The van der Waals surface area contributed by atoms with Crippen molar-refractivity contribution in [3.8, 4) is 0 Å². The van der Waals surface area contributed by atoms with Crippen molar-refractivity contribution in [3.63, 3.8) is 0 Å². The van der Waals surface area contributed by atoms with Gasteiger partial charge in [0.25, 0.3) is 0 Å². The molecule has 0 spiro atoms. The zero-order valence-electron chi connectivity index (χ0n) is 10.7. The van der Waals surface area contributed by atoms with E-state index < -0.39 is 11.7 Å². The monoisotopic (exact) mass is 272 g/mol. The van der Waals surface area contributed by atoms with Crippen LogP contribution in [0.1, 0.15) is 30.9 Å². The Bertz CT molecular complexity index is 497. The minimum absolute atomic E-state index is 0.165. The lowest BCUT2D eigenvalue weighted by molar-refractivity contribution is -0.137. The van der Waals surface area contributed by atoms with Gasteiger partial charge in [-0.3, -0.25) is 0 Å². The van der Waals surface area contributed by atoms with Crippen molar-refractivity contribution in [1.82, 2.24) is 0 Å². The summed E-state index contributed by atoms with van der Waals surface area (Å²) in [7, 11) is 1.39. The molecule has 0 radical (unpaired) electrons. The van der Waals surface area contributed by atoms with Gasteiger partial charge in [-0.2, -0.15) is 13.2 Å². The first-order valence-electron chi connectivity index (χ1n) is 6.04. The Morgan fingerprint density at radius 3 is 2.74 bits per heavy atom. The minimum Gasteiger partial charge on any atom is -0.399 e. The van der Waals surface area contributed by atoms with E-state index in [4.69, 9.17) is 4.84 Å². The Morgan fingerprint density at radius 2 is 2.16 bits per heavy atom. The molecular weight excluding hydrogens is 257 g/mol. The number of alkyl halides is 3. The Labute approximate surface area is 109 Å². The van der Waals surface area contributed by atoms with E-state index in [1.807, 2.05) is 6.92 Å². The number of rotatable bonds is 2. The number of hydrogen-bond acceptors (Lipinski definition) is 3. The molecule has 0 unspecified atom stereocenters. The normalized spacial score (nSPS) is 20.9. The molecule has 0 aromatic heterocycles. The third-order valence-corrected chi connectivity index (χ3v) is 3.15. The van der Waals surface area contributed by atoms with Crippen molar-refractivity contribution >= 4 is 11.4 Å². The summed E-state index contributed by atoms with van der Waals surface area (Å²) in [5.41, 5.74) is 1.00. The van der Waals surface area contributed by atoms with Crippen LogP contribution in [0.3, 0.4) is 0 Å². The average Bonchev–Trinajstić information content (AvgIpc) is 2.37. The van der Waals surface area contributed by atoms with Crippen LogP contribution >= 0.6 is 0 Å². The molecular formula is C13H15F3N2O. The van der Waals surface area contributed by atoms with E-state index in [2.05, 4.69) is 10.5 Å². The van der Waals surface area contributed by atoms with Gasteiger partial charge >= 0.3 is 6.18 Å². The van der Waals surface area contributed by atoms with Crippen LogP contribution in [0.2, 0.25) is 0 Å². The summed E-state index contributed by atoms with van der Waals surface area (Å²) in [6, 6.07) is 3.81.